The molecule has 1 heterocycles. The molecule has 0 aliphatic carbocycles. The predicted octanol–water partition coefficient (Wildman–Crippen LogP) is 3.42. The van der Waals surface area contributed by atoms with Crippen LogP contribution in [0, 0.1) is 13.8 Å². The second-order valence-corrected chi connectivity index (χ2v) is 5.41. The van der Waals surface area contributed by atoms with Gasteiger partial charge >= 0.3 is 0 Å². The van der Waals surface area contributed by atoms with Crippen molar-refractivity contribution in [3.63, 3.8) is 0 Å². The molecule has 0 saturated heterocycles. The van der Waals surface area contributed by atoms with Gasteiger partial charge in [0.15, 0.2) is 0 Å². The van der Waals surface area contributed by atoms with Crippen molar-refractivity contribution in [2.75, 3.05) is 19.0 Å². The quantitative estimate of drug-likeness (QED) is 0.896. The molecule has 18 heavy (non-hydrogen) atoms. The van der Waals surface area contributed by atoms with Gasteiger partial charge in [0.05, 0.1) is 23.5 Å². The third-order valence-electron chi connectivity index (χ3n) is 2.83. The number of benzene rings is 1. The maximum Gasteiger partial charge on any atom is 0.141 e. The lowest BCUT2D eigenvalue weighted by Crippen LogP contribution is -2.05. The monoisotopic (exact) mass is 262 g/mol. The van der Waals surface area contributed by atoms with Crippen molar-refractivity contribution >= 4 is 17.0 Å². The van der Waals surface area contributed by atoms with Crippen LogP contribution in [0.5, 0.6) is 5.75 Å². The van der Waals surface area contributed by atoms with Gasteiger partial charge in [0, 0.05) is 17.8 Å². The average Bonchev–Trinajstić information content (AvgIpc) is 2.69. The van der Waals surface area contributed by atoms with Crippen LogP contribution < -0.4 is 10.1 Å². The highest BCUT2D eigenvalue weighted by Crippen LogP contribution is 2.23. The van der Waals surface area contributed by atoms with E-state index >= 15 is 0 Å². The van der Waals surface area contributed by atoms with E-state index in [1.165, 1.54) is 9.88 Å². The van der Waals surface area contributed by atoms with E-state index < -0.39 is 0 Å². The van der Waals surface area contributed by atoms with Crippen LogP contribution in [0.4, 0.5) is 5.69 Å². The van der Waals surface area contributed by atoms with E-state index in [-0.39, 0.29) is 0 Å². The number of aryl methyl sites for hydroxylation is 2. The Morgan fingerprint density at radius 1 is 1.28 bits per heavy atom. The Hall–Kier alpha value is -1.55. The second-order valence-electron chi connectivity index (χ2n) is 4.13. The predicted molar refractivity (Wildman–Crippen MR) is 76.8 cm³/mol. The Kier molecular flexibility index (Phi) is 4.20. The lowest BCUT2D eigenvalue weighted by atomic mass is 10.3. The Balaban J connectivity index is 1.92. The van der Waals surface area contributed by atoms with Crippen molar-refractivity contribution in [2.24, 2.45) is 0 Å². The number of anilines is 1. The van der Waals surface area contributed by atoms with Crippen LogP contribution in [0.15, 0.2) is 24.3 Å². The van der Waals surface area contributed by atoms with Crippen LogP contribution in [0.25, 0.3) is 0 Å². The first-order valence-electron chi connectivity index (χ1n) is 6.00. The fourth-order valence-corrected chi connectivity index (χ4v) is 2.67. The molecule has 0 amide bonds. The second kappa shape index (κ2) is 5.87. The van der Waals surface area contributed by atoms with E-state index in [1.54, 1.807) is 18.4 Å². The molecule has 3 nitrogen and oxygen atoms in total. The van der Waals surface area contributed by atoms with Gasteiger partial charge in [-0.1, -0.05) is 12.1 Å². The summed E-state index contributed by atoms with van der Waals surface area (Å²) in [6, 6.07) is 7.96. The number of hydrogen-bond acceptors (Lipinski definition) is 4. The molecular formula is C14H18N2OS. The van der Waals surface area contributed by atoms with Crippen LogP contribution in [0.1, 0.15) is 15.6 Å². The van der Waals surface area contributed by atoms with Crippen molar-refractivity contribution in [3.05, 3.63) is 39.8 Å². The molecular weight excluding hydrogens is 244 g/mol. The summed E-state index contributed by atoms with van der Waals surface area (Å²) in [5, 5.41) is 4.57. The molecule has 0 atom stereocenters. The van der Waals surface area contributed by atoms with Gasteiger partial charge in [-0.05, 0) is 26.0 Å². The number of nitrogens with one attached hydrogen (secondary N) is 1. The molecule has 2 aromatic rings. The first-order valence-corrected chi connectivity index (χ1v) is 6.82. The summed E-state index contributed by atoms with van der Waals surface area (Å²) in [4.78, 5) is 5.84. The number of para-hydroxylation sites is 2. The van der Waals surface area contributed by atoms with Crippen LogP contribution >= 0.6 is 11.3 Å². The Labute approximate surface area is 112 Å². The van der Waals surface area contributed by atoms with E-state index in [0.717, 1.165) is 30.1 Å². The van der Waals surface area contributed by atoms with Crippen molar-refractivity contribution in [1.29, 1.82) is 0 Å². The molecule has 1 aromatic heterocycles. The van der Waals surface area contributed by atoms with E-state index in [4.69, 9.17) is 4.74 Å². The summed E-state index contributed by atoms with van der Waals surface area (Å²) in [6.45, 7) is 5.04. The molecule has 0 aliphatic heterocycles. The summed E-state index contributed by atoms with van der Waals surface area (Å²) in [7, 11) is 1.69. The van der Waals surface area contributed by atoms with Crippen LogP contribution in [0.2, 0.25) is 0 Å². The third kappa shape index (κ3) is 3.01. The third-order valence-corrected chi connectivity index (χ3v) is 3.97. The summed E-state index contributed by atoms with van der Waals surface area (Å²) in [5.74, 6) is 0.879. The highest BCUT2D eigenvalue weighted by molar-refractivity contribution is 7.11. The minimum absolute atomic E-state index is 0.868. The zero-order chi connectivity index (χ0) is 13.0. The number of thiazole rings is 1. The lowest BCUT2D eigenvalue weighted by Gasteiger charge is -2.09. The van der Waals surface area contributed by atoms with Crippen LogP contribution in [-0.2, 0) is 6.42 Å². The normalized spacial score (nSPS) is 10.4. The molecule has 0 bridgehead atoms. The molecule has 0 unspecified atom stereocenters. The molecule has 0 saturated carbocycles. The number of ether oxygens (including phenoxy) is 1. The number of nitrogens with zero attached hydrogens (tertiary/aromatic N) is 1. The SMILES string of the molecule is COc1ccccc1NCCc1nc(C)c(C)s1. The maximum absolute atomic E-state index is 5.30. The smallest absolute Gasteiger partial charge is 0.141 e. The van der Waals surface area contributed by atoms with Crippen molar-refractivity contribution in [3.8, 4) is 5.75 Å². The zero-order valence-electron chi connectivity index (χ0n) is 11.0. The van der Waals surface area contributed by atoms with Gasteiger partial charge in [0.25, 0.3) is 0 Å². The van der Waals surface area contributed by atoms with Crippen LogP contribution in [0.3, 0.4) is 0 Å². The number of aromatic nitrogens is 1. The van der Waals surface area contributed by atoms with Gasteiger partial charge < -0.3 is 10.1 Å². The van der Waals surface area contributed by atoms with Gasteiger partial charge in [-0.3, -0.25) is 0 Å². The van der Waals surface area contributed by atoms with E-state index in [9.17, 15) is 0 Å². The van der Waals surface area contributed by atoms with Crippen molar-refractivity contribution in [1.82, 2.24) is 4.98 Å². The summed E-state index contributed by atoms with van der Waals surface area (Å²) in [5.41, 5.74) is 2.18. The standard InChI is InChI=1S/C14H18N2OS/c1-10-11(2)18-14(16-10)8-9-15-12-6-4-5-7-13(12)17-3/h4-7,15H,8-9H2,1-3H3. The summed E-state index contributed by atoms with van der Waals surface area (Å²) >= 11 is 1.78. The first-order chi connectivity index (χ1) is 8.70. The topological polar surface area (TPSA) is 34.1 Å². The van der Waals surface area contributed by atoms with E-state index in [0.29, 0.717) is 0 Å². The van der Waals surface area contributed by atoms with Gasteiger partial charge in [0.1, 0.15) is 5.75 Å². The number of hydrogen-bond donors (Lipinski definition) is 1. The molecule has 0 radical (unpaired) electrons. The van der Waals surface area contributed by atoms with Crippen molar-refractivity contribution in [2.45, 2.75) is 20.3 Å². The van der Waals surface area contributed by atoms with Gasteiger partial charge in [-0.2, -0.15) is 0 Å². The number of rotatable bonds is 5. The van der Waals surface area contributed by atoms with Gasteiger partial charge in [-0.25, -0.2) is 4.98 Å². The molecule has 1 N–H and O–H groups in total. The Morgan fingerprint density at radius 3 is 2.72 bits per heavy atom. The Morgan fingerprint density at radius 2 is 2.06 bits per heavy atom. The van der Waals surface area contributed by atoms with Crippen molar-refractivity contribution < 1.29 is 4.74 Å². The molecule has 0 aliphatic rings. The van der Waals surface area contributed by atoms with Gasteiger partial charge in [0.2, 0.25) is 0 Å². The van der Waals surface area contributed by atoms with E-state index in [2.05, 4.69) is 24.1 Å². The highest BCUT2D eigenvalue weighted by atomic mass is 32.1. The first kappa shape index (κ1) is 12.9. The molecule has 4 heteroatoms. The molecule has 0 spiro atoms. The summed E-state index contributed by atoms with van der Waals surface area (Å²) < 4.78 is 5.30. The molecule has 0 fully saturated rings. The Bertz CT molecular complexity index is 503. The average molecular weight is 262 g/mol. The van der Waals surface area contributed by atoms with E-state index in [1.807, 2.05) is 24.3 Å². The summed E-state index contributed by atoms with van der Waals surface area (Å²) in [6.07, 6.45) is 0.942. The largest absolute Gasteiger partial charge is 0.495 e. The number of methoxy groups -OCH3 is 1. The fourth-order valence-electron chi connectivity index (χ4n) is 1.74. The highest BCUT2D eigenvalue weighted by Gasteiger charge is 2.04. The maximum atomic E-state index is 5.30. The lowest BCUT2D eigenvalue weighted by molar-refractivity contribution is 0.416. The molecule has 1 aromatic carbocycles. The van der Waals surface area contributed by atoms with Gasteiger partial charge in [-0.15, -0.1) is 11.3 Å². The zero-order valence-corrected chi connectivity index (χ0v) is 11.8. The molecule has 96 valence electrons. The minimum atomic E-state index is 0.868. The van der Waals surface area contributed by atoms with Crippen LogP contribution in [-0.4, -0.2) is 18.6 Å². The fraction of sp³-hybridized carbons (Fsp3) is 0.357. The molecule has 2 rings (SSSR count). The minimum Gasteiger partial charge on any atom is -0.495 e.